The molecule has 2 bridgehead atoms. The van der Waals surface area contributed by atoms with Crippen LogP contribution in [0.3, 0.4) is 0 Å². The van der Waals surface area contributed by atoms with Crippen LogP contribution in [0.4, 0.5) is 0 Å². The van der Waals surface area contributed by atoms with Crippen LogP contribution in [0.25, 0.3) is 0 Å². The van der Waals surface area contributed by atoms with Gasteiger partial charge < -0.3 is 15.4 Å². The van der Waals surface area contributed by atoms with Crippen molar-refractivity contribution in [1.29, 1.82) is 0 Å². The van der Waals surface area contributed by atoms with Gasteiger partial charge in [-0.25, -0.2) is 0 Å². The molecule has 0 aromatic carbocycles. The molecule has 0 aromatic rings. The van der Waals surface area contributed by atoms with E-state index >= 15 is 0 Å². The van der Waals surface area contributed by atoms with Crippen LogP contribution in [0.1, 0.15) is 26.2 Å². The number of fused-ring (bicyclic) bond motifs is 5. The van der Waals surface area contributed by atoms with Gasteiger partial charge in [0.25, 0.3) is 0 Å². The van der Waals surface area contributed by atoms with E-state index in [1.54, 1.807) is 7.11 Å². The molecule has 0 spiro atoms. The van der Waals surface area contributed by atoms with Gasteiger partial charge in [0, 0.05) is 19.7 Å². The summed E-state index contributed by atoms with van der Waals surface area (Å²) in [7, 11) is 1.65. The van der Waals surface area contributed by atoms with E-state index in [-0.39, 0.29) is 11.9 Å². The maximum atomic E-state index is 11.9. The van der Waals surface area contributed by atoms with Crippen LogP contribution >= 0.6 is 0 Å². The zero-order valence-electron chi connectivity index (χ0n) is 11.3. The van der Waals surface area contributed by atoms with E-state index in [4.69, 9.17) is 4.74 Å². The summed E-state index contributed by atoms with van der Waals surface area (Å²) in [6.45, 7) is 3.15. The smallest absolute Gasteiger partial charge is 0.236 e. The maximum absolute atomic E-state index is 11.9. The molecule has 0 saturated heterocycles. The summed E-state index contributed by atoms with van der Waals surface area (Å²) in [6.07, 6.45) is 4.32. The molecule has 0 aromatic heterocycles. The lowest BCUT2D eigenvalue weighted by Gasteiger charge is -2.16. The Balaban J connectivity index is 1.43. The summed E-state index contributed by atoms with van der Waals surface area (Å²) in [5.74, 6) is 3.79. The predicted molar refractivity (Wildman–Crippen MR) is 69.1 cm³/mol. The van der Waals surface area contributed by atoms with Gasteiger partial charge in [0.2, 0.25) is 5.91 Å². The Bertz CT molecular complexity index is 318. The number of nitrogens with one attached hydrogen (secondary N) is 2. The van der Waals surface area contributed by atoms with Crippen molar-refractivity contribution in [2.24, 2.45) is 23.7 Å². The highest BCUT2D eigenvalue weighted by molar-refractivity contribution is 5.81. The number of rotatable bonds is 6. The molecule has 18 heavy (non-hydrogen) atoms. The fraction of sp³-hybridized carbons (Fsp3) is 0.929. The van der Waals surface area contributed by atoms with Gasteiger partial charge in [0.05, 0.1) is 12.6 Å². The number of carbonyl (C=O) groups is 1. The molecule has 0 heterocycles. The van der Waals surface area contributed by atoms with E-state index in [0.29, 0.717) is 19.2 Å². The molecule has 3 fully saturated rings. The minimum absolute atomic E-state index is 0.0724. The lowest BCUT2D eigenvalue weighted by Crippen LogP contribution is -2.45. The van der Waals surface area contributed by atoms with Crippen LogP contribution in [-0.2, 0) is 9.53 Å². The van der Waals surface area contributed by atoms with Crippen molar-refractivity contribution in [3.05, 3.63) is 0 Å². The Morgan fingerprint density at radius 2 is 2.00 bits per heavy atom. The number of carbonyl (C=O) groups excluding carboxylic acids is 1. The molecule has 5 unspecified atom stereocenters. The molecule has 0 radical (unpaired) electrons. The second-order valence-electron chi connectivity index (χ2n) is 6.19. The fourth-order valence-electron chi connectivity index (χ4n) is 4.34. The first kappa shape index (κ1) is 12.4. The molecule has 4 heteroatoms. The van der Waals surface area contributed by atoms with E-state index in [1.165, 1.54) is 19.3 Å². The quantitative estimate of drug-likeness (QED) is 0.687. The Morgan fingerprint density at radius 3 is 2.61 bits per heavy atom. The third-order valence-electron chi connectivity index (χ3n) is 5.18. The largest absolute Gasteiger partial charge is 0.383 e. The number of amides is 1. The summed E-state index contributed by atoms with van der Waals surface area (Å²) >= 11 is 0. The molecule has 1 amide bonds. The topological polar surface area (TPSA) is 50.4 Å². The summed E-state index contributed by atoms with van der Waals surface area (Å²) in [5.41, 5.74) is 0. The lowest BCUT2D eigenvalue weighted by atomic mass is 10.0. The number of methoxy groups -OCH3 is 1. The second-order valence-corrected chi connectivity index (χ2v) is 6.19. The molecular weight excluding hydrogens is 228 g/mol. The van der Waals surface area contributed by atoms with Crippen LogP contribution in [0.2, 0.25) is 0 Å². The van der Waals surface area contributed by atoms with Crippen molar-refractivity contribution in [3.8, 4) is 0 Å². The fourth-order valence-corrected chi connectivity index (χ4v) is 4.34. The zero-order chi connectivity index (χ0) is 12.7. The van der Waals surface area contributed by atoms with Gasteiger partial charge in [-0.15, -0.1) is 0 Å². The molecule has 4 nitrogen and oxygen atoms in total. The summed E-state index contributed by atoms with van der Waals surface area (Å²) in [5, 5.41) is 6.42. The van der Waals surface area contributed by atoms with Crippen molar-refractivity contribution >= 4 is 5.91 Å². The van der Waals surface area contributed by atoms with Crippen LogP contribution in [0.15, 0.2) is 0 Å². The van der Waals surface area contributed by atoms with Gasteiger partial charge in [0.15, 0.2) is 0 Å². The minimum Gasteiger partial charge on any atom is -0.383 e. The van der Waals surface area contributed by atoms with E-state index < -0.39 is 0 Å². The minimum atomic E-state index is -0.0724. The first-order valence-electron chi connectivity index (χ1n) is 7.25. The van der Waals surface area contributed by atoms with Gasteiger partial charge >= 0.3 is 0 Å². The Hall–Kier alpha value is -0.610. The normalized spacial score (nSPS) is 41.6. The Labute approximate surface area is 109 Å². The third kappa shape index (κ3) is 2.05. The van der Waals surface area contributed by atoms with Crippen molar-refractivity contribution in [3.63, 3.8) is 0 Å². The molecule has 5 atom stereocenters. The molecule has 3 aliphatic rings. The molecule has 3 aliphatic carbocycles. The average molecular weight is 252 g/mol. The standard InChI is InChI=1S/C14H24N2O2/c1-8(14(17)15-5-6-18-2)16-13-11-9-3-4-10(7-9)12(11)13/h8-13,16H,3-7H2,1-2H3,(H,15,17). The van der Waals surface area contributed by atoms with Gasteiger partial charge in [-0.1, -0.05) is 0 Å². The maximum Gasteiger partial charge on any atom is 0.236 e. The van der Waals surface area contributed by atoms with Crippen LogP contribution in [0.5, 0.6) is 0 Å². The monoisotopic (exact) mass is 252 g/mol. The second kappa shape index (κ2) is 4.82. The summed E-state index contributed by atoms with van der Waals surface area (Å²) in [4.78, 5) is 11.9. The van der Waals surface area contributed by atoms with Crippen molar-refractivity contribution in [1.82, 2.24) is 10.6 Å². The van der Waals surface area contributed by atoms with Crippen molar-refractivity contribution < 1.29 is 9.53 Å². The van der Waals surface area contributed by atoms with E-state index in [1.807, 2.05) is 6.92 Å². The zero-order valence-corrected chi connectivity index (χ0v) is 11.3. The molecule has 3 rings (SSSR count). The summed E-state index contributed by atoms with van der Waals surface area (Å²) in [6, 6.07) is 0.552. The molecular formula is C14H24N2O2. The van der Waals surface area contributed by atoms with Crippen molar-refractivity contribution in [2.75, 3.05) is 20.3 Å². The van der Waals surface area contributed by atoms with E-state index in [9.17, 15) is 4.79 Å². The Morgan fingerprint density at radius 1 is 1.33 bits per heavy atom. The number of ether oxygens (including phenoxy) is 1. The predicted octanol–water partition coefficient (Wildman–Crippen LogP) is 0.772. The van der Waals surface area contributed by atoms with Crippen LogP contribution in [0, 0.1) is 23.7 Å². The number of hydrogen-bond donors (Lipinski definition) is 2. The highest BCUT2D eigenvalue weighted by atomic mass is 16.5. The summed E-state index contributed by atoms with van der Waals surface area (Å²) < 4.78 is 4.93. The lowest BCUT2D eigenvalue weighted by molar-refractivity contribution is -0.123. The molecule has 102 valence electrons. The van der Waals surface area contributed by atoms with E-state index in [2.05, 4.69) is 10.6 Å². The van der Waals surface area contributed by atoms with Crippen LogP contribution in [-0.4, -0.2) is 38.3 Å². The number of hydrogen-bond acceptors (Lipinski definition) is 3. The van der Waals surface area contributed by atoms with Gasteiger partial charge in [-0.2, -0.15) is 0 Å². The first-order valence-corrected chi connectivity index (χ1v) is 7.25. The highest BCUT2D eigenvalue weighted by Gasteiger charge is 2.65. The van der Waals surface area contributed by atoms with E-state index in [0.717, 1.165) is 23.7 Å². The van der Waals surface area contributed by atoms with Gasteiger partial charge in [-0.3, -0.25) is 4.79 Å². The molecule has 0 aliphatic heterocycles. The third-order valence-corrected chi connectivity index (χ3v) is 5.18. The average Bonchev–Trinajstić information content (AvgIpc) is 2.76. The first-order chi connectivity index (χ1) is 8.72. The van der Waals surface area contributed by atoms with Gasteiger partial charge in [0.1, 0.15) is 0 Å². The molecule has 3 saturated carbocycles. The SMILES string of the molecule is COCCNC(=O)C(C)NC1C2C3CCC(C3)C12. The Kier molecular flexibility index (Phi) is 3.32. The van der Waals surface area contributed by atoms with Gasteiger partial charge in [-0.05, 0) is 49.9 Å². The van der Waals surface area contributed by atoms with Crippen LogP contribution < -0.4 is 10.6 Å². The van der Waals surface area contributed by atoms with Crippen molar-refractivity contribution in [2.45, 2.75) is 38.3 Å². The molecule has 2 N–H and O–H groups in total. The highest BCUT2D eigenvalue weighted by Crippen LogP contribution is 2.65.